The Kier molecular flexibility index (Phi) is 11.7. The van der Waals surface area contributed by atoms with E-state index in [-0.39, 0.29) is 12.8 Å². The highest BCUT2D eigenvalue weighted by atomic mass is 16.4. The van der Waals surface area contributed by atoms with Crippen LogP contribution in [0.15, 0.2) is 0 Å². The molecule has 128 valence electrons. The van der Waals surface area contributed by atoms with Gasteiger partial charge in [-0.1, -0.05) is 19.3 Å². The summed E-state index contributed by atoms with van der Waals surface area (Å²) in [7, 11) is 0. The number of carbonyl (C=O) groups is 3. The highest BCUT2D eigenvalue weighted by molar-refractivity contribution is 5.70. The third-order valence-electron chi connectivity index (χ3n) is 2.89. The van der Waals surface area contributed by atoms with Crippen molar-refractivity contribution in [2.45, 2.75) is 51.4 Å². The van der Waals surface area contributed by atoms with E-state index < -0.39 is 18.0 Å². The number of nitrogens with two attached hydrogens (primary N) is 1. The van der Waals surface area contributed by atoms with Crippen molar-refractivity contribution in [2.75, 3.05) is 13.1 Å². The summed E-state index contributed by atoms with van der Waals surface area (Å²) in [5.41, 5.74) is 10.2. The van der Waals surface area contributed by atoms with Crippen molar-refractivity contribution < 1.29 is 24.6 Å². The predicted octanol–water partition coefficient (Wildman–Crippen LogP) is 0.666. The Hall–Kier alpha value is -1.87. The molecule has 0 spiro atoms. The SMILES string of the molecule is NC(=O)NN1CCCN1.O=C(O)CCCCCCCC(=O)O. The summed E-state index contributed by atoms with van der Waals surface area (Å²) in [4.78, 5) is 30.4. The summed E-state index contributed by atoms with van der Waals surface area (Å²) in [6, 6.07) is -0.524. The van der Waals surface area contributed by atoms with Gasteiger partial charge in [-0.3, -0.25) is 15.0 Å². The van der Waals surface area contributed by atoms with Crippen molar-refractivity contribution in [2.24, 2.45) is 5.73 Å². The van der Waals surface area contributed by atoms with E-state index in [1.807, 2.05) is 0 Å². The van der Waals surface area contributed by atoms with E-state index in [2.05, 4.69) is 10.9 Å². The third-order valence-corrected chi connectivity index (χ3v) is 2.89. The Morgan fingerprint density at radius 2 is 1.50 bits per heavy atom. The maximum atomic E-state index is 10.2. The zero-order valence-electron chi connectivity index (χ0n) is 12.7. The number of amides is 2. The predicted molar refractivity (Wildman–Crippen MR) is 79.6 cm³/mol. The number of unbranched alkanes of at least 4 members (excludes halogenated alkanes) is 4. The standard InChI is InChI=1S/C9H16O4.C4H10N4O/c10-8(11)6-4-2-1-3-5-7-9(12)13;5-4(9)7-8-3-1-2-6-8/h1-7H2,(H,10,11)(H,12,13);6H,1-3H2,(H3,5,7,9). The van der Waals surface area contributed by atoms with Gasteiger partial charge in [-0.05, 0) is 19.3 Å². The van der Waals surface area contributed by atoms with Gasteiger partial charge in [0.25, 0.3) is 0 Å². The van der Waals surface area contributed by atoms with Crippen LogP contribution in [-0.4, -0.2) is 46.4 Å². The number of rotatable bonds is 9. The van der Waals surface area contributed by atoms with E-state index in [9.17, 15) is 14.4 Å². The quantitative estimate of drug-likeness (QED) is 0.393. The van der Waals surface area contributed by atoms with Crippen molar-refractivity contribution in [1.29, 1.82) is 0 Å². The number of hydrogen-bond donors (Lipinski definition) is 5. The molecule has 1 fully saturated rings. The van der Waals surface area contributed by atoms with E-state index >= 15 is 0 Å². The van der Waals surface area contributed by atoms with Gasteiger partial charge in [0.1, 0.15) is 0 Å². The van der Waals surface area contributed by atoms with Gasteiger partial charge < -0.3 is 15.9 Å². The molecule has 6 N–H and O–H groups in total. The van der Waals surface area contributed by atoms with E-state index in [0.717, 1.165) is 38.8 Å². The molecule has 0 aliphatic carbocycles. The lowest BCUT2D eigenvalue weighted by molar-refractivity contribution is -0.138. The number of carbonyl (C=O) groups excluding carboxylic acids is 1. The minimum Gasteiger partial charge on any atom is -0.481 e. The van der Waals surface area contributed by atoms with E-state index in [1.165, 1.54) is 0 Å². The van der Waals surface area contributed by atoms with Crippen molar-refractivity contribution in [3.05, 3.63) is 0 Å². The Balaban J connectivity index is 0.000000425. The van der Waals surface area contributed by atoms with Crippen molar-refractivity contribution >= 4 is 18.0 Å². The van der Waals surface area contributed by atoms with Gasteiger partial charge >= 0.3 is 18.0 Å². The van der Waals surface area contributed by atoms with Gasteiger partial charge in [-0.25, -0.2) is 10.2 Å². The maximum Gasteiger partial charge on any atom is 0.327 e. The van der Waals surface area contributed by atoms with Crippen LogP contribution in [0.5, 0.6) is 0 Å². The summed E-state index contributed by atoms with van der Waals surface area (Å²) in [5.74, 6) is -1.52. The molecule has 1 aliphatic heterocycles. The largest absolute Gasteiger partial charge is 0.481 e. The highest BCUT2D eigenvalue weighted by Gasteiger charge is 2.10. The van der Waals surface area contributed by atoms with Crippen LogP contribution in [0.4, 0.5) is 4.79 Å². The van der Waals surface area contributed by atoms with Crippen LogP contribution in [0.2, 0.25) is 0 Å². The number of hydrogen-bond acceptors (Lipinski definition) is 5. The average Bonchev–Trinajstić information content (AvgIpc) is 2.89. The Morgan fingerprint density at radius 1 is 1.00 bits per heavy atom. The fraction of sp³-hybridized carbons (Fsp3) is 0.769. The van der Waals surface area contributed by atoms with Crippen LogP contribution in [-0.2, 0) is 9.59 Å². The second kappa shape index (κ2) is 12.8. The molecule has 1 saturated heterocycles. The lowest BCUT2D eigenvalue weighted by atomic mass is 10.1. The van der Waals surface area contributed by atoms with Gasteiger partial charge in [0.05, 0.1) is 0 Å². The number of primary amides is 1. The normalized spacial score (nSPS) is 14.0. The first-order valence-corrected chi connectivity index (χ1v) is 7.42. The molecule has 0 unspecified atom stereocenters. The molecule has 22 heavy (non-hydrogen) atoms. The van der Waals surface area contributed by atoms with Crippen LogP contribution in [0.1, 0.15) is 51.4 Å². The molecule has 1 heterocycles. The molecule has 0 aromatic rings. The lowest BCUT2D eigenvalue weighted by Crippen LogP contribution is -2.48. The molecule has 9 heteroatoms. The molecule has 0 bridgehead atoms. The first-order valence-electron chi connectivity index (χ1n) is 7.42. The van der Waals surface area contributed by atoms with E-state index in [0.29, 0.717) is 12.8 Å². The third kappa shape index (κ3) is 14.5. The molecule has 0 atom stereocenters. The van der Waals surface area contributed by atoms with Gasteiger partial charge in [0, 0.05) is 25.9 Å². The Morgan fingerprint density at radius 3 is 1.86 bits per heavy atom. The number of nitrogens with zero attached hydrogens (tertiary/aromatic N) is 1. The van der Waals surface area contributed by atoms with Gasteiger partial charge in [-0.15, -0.1) is 0 Å². The average molecular weight is 318 g/mol. The number of urea groups is 1. The molecule has 0 radical (unpaired) electrons. The molecule has 0 aromatic carbocycles. The second-order valence-electron chi connectivity index (χ2n) is 4.94. The summed E-state index contributed by atoms with van der Waals surface area (Å²) < 4.78 is 0. The number of carboxylic acids is 2. The second-order valence-corrected chi connectivity index (χ2v) is 4.94. The van der Waals surface area contributed by atoms with Crippen molar-refractivity contribution in [3.8, 4) is 0 Å². The molecule has 1 aliphatic rings. The summed E-state index contributed by atoms with van der Waals surface area (Å²) in [6.45, 7) is 1.73. The molecule has 1 rings (SSSR count). The molecule has 0 aromatic heterocycles. The van der Waals surface area contributed by atoms with Gasteiger partial charge in [-0.2, -0.15) is 5.12 Å². The Bertz CT molecular complexity index is 327. The van der Waals surface area contributed by atoms with Crippen LogP contribution in [0.25, 0.3) is 0 Å². The van der Waals surface area contributed by atoms with E-state index in [1.54, 1.807) is 5.12 Å². The van der Waals surface area contributed by atoms with E-state index in [4.69, 9.17) is 15.9 Å². The number of aliphatic carboxylic acids is 2. The van der Waals surface area contributed by atoms with Crippen LogP contribution in [0, 0.1) is 0 Å². The monoisotopic (exact) mass is 318 g/mol. The van der Waals surface area contributed by atoms with Crippen molar-refractivity contribution in [1.82, 2.24) is 16.0 Å². The fourth-order valence-electron chi connectivity index (χ4n) is 1.84. The molecule has 2 amide bonds. The minimum absolute atomic E-state index is 0.221. The first-order chi connectivity index (χ1) is 10.4. The molecule has 9 nitrogen and oxygen atoms in total. The van der Waals surface area contributed by atoms with Gasteiger partial charge in [0.2, 0.25) is 0 Å². The minimum atomic E-state index is -0.759. The zero-order valence-corrected chi connectivity index (χ0v) is 12.7. The number of hydrazine groups is 2. The Labute approximate surface area is 129 Å². The topological polar surface area (TPSA) is 145 Å². The molecular weight excluding hydrogens is 292 g/mol. The van der Waals surface area contributed by atoms with Crippen molar-refractivity contribution in [3.63, 3.8) is 0 Å². The fourth-order valence-corrected chi connectivity index (χ4v) is 1.84. The number of carboxylic acid groups (broad SMARTS) is 2. The first kappa shape index (κ1) is 20.1. The lowest BCUT2D eigenvalue weighted by Gasteiger charge is -2.13. The molecular formula is C13H26N4O5. The zero-order chi connectivity index (χ0) is 16.8. The summed E-state index contributed by atoms with van der Waals surface area (Å²) in [6.07, 6.45) is 5.57. The molecule has 0 saturated carbocycles. The maximum absolute atomic E-state index is 10.2. The summed E-state index contributed by atoms with van der Waals surface area (Å²) in [5, 5.41) is 18.2. The van der Waals surface area contributed by atoms with Crippen LogP contribution < -0.4 is 16.6 Å². The number of nitrogens with one attached hydrogen (secondary N) is 2. The highest BCUT2D eigenvalue weighted by Crippen LogP contribution is 2.06. The van der Waals surface area contributed by atoms with Gasteiger partial charge in [0.15, 0.2) is 0 Å². The summed E-state index contributed by atoms with van der Waals surface area (Å²) >= 11 is 0. The van der Waals surface area contributed by atoms with Crippen LogP contribution >= 0.6 is 0 Å². The smallest absolute Gasteiger partial charge is 0.327 e. The van der Waals surface area contributed by atoms with Crippen LogP contribution in [0.3, 0.4) is 0 Å².